The van der Waals surface area contributed by atoms with Gasteiger partial charge < -0.3 is 10.2 Å². The molecule has 0 bridgehead atoms. The minimum Gasteiger partial charge on any atom is -0.356 e. The molecule has 1 N–H and O–H groups in total. The zero-order valence-electron chi connectivity index (χ0n) is 14.5. The topological polar surface area (TPSA) is 49.4 Å². The summed E-state index contributed by atoms with van der Waals surface area (Å²) in [5.74, 6) is 1.10. The summed E-state index contributed by atoms with van der Waals surface area (Å²) in [5, 5.41) is 2.93. The SMILES string of the molecule is CC(C)(C)C(=O)NCCCC(=O)N1CCCC2CCCCC21. The van der Waals surface area contributed by atoms with Gasteiger partial charge in [-0.2, -0.15) is 0 Å². The Morgan fingerprint density at radius 1 is 1.09 bits per heavy atom. The van der Waals surface area contributed by atoms with E-state index in [1.54, 1.807) is 0 Å². The highest BCUT2D eigenvalue weighted by atomic mass is 16.2. The third-order valence-corrected chi connectivity index (χ3v) is 5.10. The van der Waals surface area contributed by atoms with E-state index in [1.165, 1.54) is 32.1 Å². The number of fused-ring (bicyclic) bond motifs is 1. The predicted octanol–water partition coefficient (Wildman–Crippen LogP) is 3.11. The number of piperidine rings is 1. The van der Waals surface area contributed by atoms with Gasteiger partial charge >= 0.3 is 0 Å². The lowest BCUT2D eigenvalue weighted by Crippen LogP contribution is -2.49. The summed E-state index contributed by atoms with van der Waals surface area (Å²) in [6.45, 7) is 7.26. The van der Waals surface area contributed by atoms with Crippen molar-refractivity contribution in [1.82, 2.24) is 10.2 Å². The molecule has 2 fully saturated rings. The number of likely N-dealkylation sites (tertiary alicyclic amines) is 1. The van der Waals surface area contributed by atoms with E-state index < -0.39 is 0 Å². The molecule has 2 rings (SSSR count). The third-order valence-electron chi connectivity index (χ3n) is 5.10. The van der Waals surface area contributed by atoms with Gasteiger partial charge in [-0.25, -0.2) is 0 Å². The van der Waals surface area contributed by atoms with Gasteiger partial charge in [0.2, 0.25) is 11.8 Å². The molecule has 2 unspecified atom stereocenters. The second-order valence-corrected chi connectivity index (χ2v) is 7.95. The molecule has 0 aromatic carbocycles. The Morgan fingerprint density at radius 2 is 1.77 bits per heavy atom. The van der Waals surface area contributed by atoms with Crippen molar-refractivity contribution >= 4 is 11.8 Å². The van der Waals surface area contributed by atoms with E-state index >= 15 is 0 Å². The van der Waals surface area contributed by atoms with Crippen molar-refractivity contribution in [2.45, 2.75) is 78.2 Å². The fourth-order valence-corrected chi connectivity index (χ4v) is 3.78. The molecule has 1 saturated carbocycles. The highest BCUT2D eigenvalue weighted by Gasteiger charge is 2.35. The Bertz CT molecular complexity index is 398. The number of carbonyl (C=O) groups excluding carboxylic acids is 2. The Kier molecular flexibility index (Phi) is 5.87. The molecule has 2 atom stereocenters. The number of hydrogen-bond acceptors (Lipinski definition) is 2. The maximum Gasteiger partial charge on any atom is 0.225 e. The van der Waals surface area contributed by atoms with Gasteiger partial charge in [0.15, 0.2) is 0 Å². The summed E-state index contributed by atoms with van der Waals surface area (Å²) in [5.41, 5.74) is -0.355. The first-order chi connectivity index (χ1) is 10.4. The lowest BCUT2D eigenvalue weighted by Gasteiger charge is -2.44. The Morgan fingerprint density at radius 3 is 2.50 bits per heavy atom. The molecular formula is C18H32N2O2. The van der Waals surface area contributed by atoms with Crippen LogP contribution in [0, 0.1) is 11.3 Å². The van der Waals surface area contributed by atoms with E-state index in [9.17, 15) is 9.59 Å². The second kappa shape index (κ2) is 7.47. The molecule has 0 spiro atoms. The Balaban J connectivity index is 1.73. The maximum absolute atomic E-state index is 12.5. The lowest BCUT2D eigenvalue weighted by molar-refractivity contribution is -0.138. The van der Waals surface area contributed by atoms with Gasteiger partial charge in [0.1, 0.15) is 0 Å². The molecule has 4 nitrogen and oxygen atoms in total. The fraction of sp³-hybridized carbons (Fsp3) is 0.889. The molecule has 1 heterocycles. The van der Waals surface area contributed by atoms with Crippen LogP contribution in [-0.4, -0.2) is 35.8 Å². The van der Waals surface area contributed by atoms with Crippen molar-refractivity contribution in [3.05, 3.63) is 0 Å². The van der Waals surface area contributed by atoms with Crippen molar-refractivity contribution in [3.8, 4) is 0 Å². The second-order valence-electron chi connectivity index (χ2n) is 7.95. The average molecular weight is 308 g/mol. The van der Waals surface area contributed by atoms with Gasteiger partial charge in [-0.05, 0) is 38.0 Å². The number of nitrogens with zero attached hydrogens (tertiary/aromatic N) is 1. The van der Waals surface area contributed by atoms with Crippen LogP contribution >= 0.6 is 0 Å². The summed E-state index contributed by atoms with van der Waals surface area (Å²) < 4.78 is 0. The van der Waals surface area contributed by atoms with E-state index in [4.69, 9.17) is 0 Å². The minimum atomic E-state index is -0.355. The molecule has 126 valence electrons. The first-order valence-corrected chi connectivity index (χ1v) is 8.97. The first kappa shape index (κ1) is 17.3. The molecule has 1 aliphatic heterocycles. The van der Waals surface area contributed by atoms with Crippen molar-refractivity contribution in [2.75, 3.05) is 13.1 Å². The van der Waals surface area contributed by atoms with Gasteiger partial charge in [-0.3, -0.25) is 9.59 Å². The number of rotatable bonds is 4. The van der Waals surface area contributed by atoms with E-state index in [0.717, 1.165) is 25.3 Å². The number of amides is 2. The quantitative estimate of drug-likeness (QED) is 0.811. The summed E-state index contributed by atoms with van der Waals surface area (Å²) >= 11 is 0. The van der Waals surface area contributed by atoms with Gasteiger partial charge in [-0.15, -0.1) is 0 Å². The number of nitrogens with one attached hydrogen (secondary N) is 1. The number of hydrogen-bond donors (Lipinski definition) is 1. The van der Waals surface area contributed by atoms with E-state index in [1.807, 2.05) is 20.8 Å². The van der Waals surface area contributed by atoms with Gasteiger partial charge in [0.25, 0.3) is 0 Å². The summed E-state index contributed by atoms with van der Waals surface area (Å²) in [6.07, 6.45) is 8.87. The smallest absolute Gasteiger partial charge is 0.225 e. The lowest BCUT2D eigenvalue weighted by atomic mass is 9.78. The molecule has 0 aromatic heterocycles. The minimum absolute atomic E-state index is 0.0604. The van der Waals surface area contributed by atoms with Crippen LogP contribution in [0.4, 0.5) is 0 Å². The molecular weight excluding hydrogens is 276 g/mol. The zero-order valence-corrected chi connectivity index (χ0v) is 14.5. The van der Waals surface area contributed by atoms with Crippen molar-refractivity contribution in [1.29, 1.82) is 0 Å². The van der Waals surface area contributed by atoms with Crippen molar-refractivity contribution in [3.63, 3.8) is 0 Å². The standard InChI is InChI=1S/C18H32N2O2/c1-18(2,3)17(22)19-12-6-11-16(21)20-13-7-9-14-8-4-5-10-15(14)20/h14-15H,4-13H2,1-3H3,(H,19,22). The maximum atomic E-state index is 12.5. The highest BCUT2D eigenvalue weighted by Crippen LogP contribution is 2.35. The highest BCUT2D eigenvalue weighted by molar-refractivity contribution is 5.81. The van der Waals surface area contributed by atoms with E-state index in [-0.39, 0.29) is 11.3 Å². The normalized spacial score (nSPS) is 25.5. The van der Waals surface area contributed by atoms with Crippen LogP contribution in [0.1, 0.15) is 72.1 Å². The van der Waals surface area contributed by atoms with Gasteiger partial charge in [-0.1, -0.05) is 33.6 Å². The monoisotopic (exact) mass is 308 g/mol. The van der Waals surface area contributed by atoms with Crippen LogP contribution in [0.2, 0.25) is 0 Å². The van der Waals surface area contributed by atoms with E-state index in [0.29, 0.717) is 24.9 Å². The summed E-state index contributed by atoms with van der Waals surface area (Å²) in [4.78, 5) is 26.5. The largest absolute Gasteiger partial charge is 0.356 e. The van der Waals surface area contributed by atoms with Crippen LogP contribution in [0.3, 0.4) is 0 Å². The average Bonchev–Trinajstić information content (AvgIpc) is 2.49. The van der Waals surface area contributed by atoms with Crippen molar-refractivity contribution < 1.29 is 9.59 Å². The van der Waals surface area contributed by atoms with Crippen LogP contribution in [0.15, 0.2) is 0 Å². The fourth-order valence-electron chi connectivity index (χ4n) is 3.78. The molecule has 4 heteroatoms. The molecule has 22 heavy (non-hydrogen) atoms. The predicted molar refractivity (Wildman–Crippen MR) is 88.4 cm³/mol. The van der Waals surface area contributed by atoms with Crippen LogP contribution in [-0.2, 0) is 9.59 Å². The zero-order chi connectivity index (χ0) is 16.2. The Labute approximate surface area is 135 Å². The Hall–Kier alpha value is -1.06. The molecule has 1 saturated heterocycles. The molecule has 1 aliphatic carbocycles. The third kappa shape index (κ3) is 4.47. The molecule has 2 amide bonds. The van der Waals surface area contributed by atoms with Crippen LogP contribution in [0.25, 0.3) is 0 Å². The van der Waals surface area contributed by atoms with Crippen LogP contribution < -0.4 is 5.32 Å². The first-order valence-electron chi connectivity index (χ1n) is 8.97. The van der Waals surface area contributed by atoms with Crippen molar-refractivity contribution in [2.24, 2.45) is 11.3 Å². The van der Waals surface area contributed by atoms with E-state index in [2.05, 4.69) is 10.2 Å². The molecule has 2 aliphatic rings. The summed E-state index contributed by atoms with van der Waals surface area (Å²) in [6, 6.07) is 0.499. The number of carbonyl (C=O) groups is 2. The molecule has 0 radical (unpaired) electrons. The van der Waals surface area contributed by atoms with Crippen LogP contribution in [0.5, 0.6) is 0 Å². The van der Waals surface area contributed by atoms with Gasteiger partial charge in [0, 0.05) is 31.0 Å². The molecule has 0 aromatic rings. The van der Waals surface area contributed by atoms with Gasteiger partial charge in [0.05, 0.1) is 0 Å². The summed E-state index contributed by atoms with van der Waals surface area (Å²) in [7, 11) is 0.